The maximum Gasteiger partial charge on any atom is 0.311 e. The average molecular weight is 735 g/mol. The van der Waals surface area contributed by atoms with Crippen molar-refractivity contribution < 1.29 is 43.2 Å². The van der Waals surface area contributed by atoms with Gasteiger partial charge in [-0.15, -0.1) is 0 Å². The normalized spacial score (nSPS) is 24.6. The van der Waals surface area contributed by atoms with Crippen LogP contribution in [0.1, 0.15) is 77.8 Å². The van der Waals surface area contributed by atoms with Crippen molar-refractivity contribution in [2.45, 2.75) is 103 Å². The number of hydrogen-bond acceptors (Lipinski definition) is 10. The van der Waals surface area contributed by atoms with Crippen molar-refractivity contribution in [3.8, 4) is 11.5 Å². The summed E-state index contributed by atoms with van der Waals surface area (Å²) in [6, 6.07) is 4.00. The van der Waals surface area contributed by atoms with Crippen LogP contribution in [-0.2, 0) is 39.9 Å². The van der Waals surface area contributed by atoms with E-state index >= 15 is 0 Å². The number of nitro benzene ring substituents is 1. The Kier molecular flexibility index (Phi) is 11.5. The zero-order chi connectivity index (χ0) is 38.8. The zero-order valence-electron chi connectivity index (χ0n) is 30.6. The monoisotopic (exact) mass is 734 g/mol. The van der Waals surface area contributed by atoms with Crippen LogP contribution < -0.4 is 31.3 Å². The molecule has 2 aromatic rings. The highest BCUT2D eigenvalue weighted by molar-refractivity contribution is 6.04. The molecule has 0 aromatic heterocycles. The summed E-state index contributed by atoms with van der Waals surface area (Å²) in [4.78, 5) is 92.9. The SMILES string of the molecule is CC(=O)N[C@H]1Cc2cccc([N+](=O)[O-])c2Oc2ccc3c(c2)C(C[C@@H](C(=O)N[C@@H](CC(C)C)C(=O)[C@@]2(C)CO2)NC(=O)[C@H](CC(C)C)NC1=O)C(=O)N3. The molecule has 2 aromatic carbocycles. The van der Waals surface area contributed by atoms with Gasteiger partial charge in [-0.1, -0.05) is 39.8 Å². The first-order chi connectivity index (χ1) is 24.9. The van der Waals surface area contributed by atoms with Gasteiger partial charge in [-0.25, -0.2) is 0 Å². The van der Waals surface area contributed by atoms with Gasteiger partial charge >= 0.3 is 5.69 Å². The molecule has 3 aliphatic rings. The van der Waals surface area contributed by atoms with Gasteiger partial charge in [0.25, 0.3) is 0 Å². The molecule has 5 rings (SSSR count). The highest BCUT2D eigenvalue weighted by Crippen LogP contribution is 2.41. The Bertz CT molecular complexity index is 1820. The van der Waals surface area contributed by atoms with Crippen molar-refractivity contribution in [2.75, 3.05) is 11.9 Å². The van der Waals surface area contributed by atoms with Crippen molar-refractivity contribution in [1.82, 2.24) is 21.3 Å². The fraction of sp³-hybridized carbons (Fsp3) is 0.514. The van der Waals surface area contributed by atoms with Gasteiger partial charge in [0.05, 0.1) is 23.5 Å². The summed E-state index contributed by atoms with van der Waals surface area (Å²) < 4.78 is 11.5. The van der Waals surface area contributed by atoms with E-state index in [9.17, 15) is 38.9 Å². The first-order valence-electron chi connectivity index (χ1n) is 17.7. The molecule has 5 N–H and O–H groups in total. The first-order valence-corrected chi connectivity index (χ1v) is 17.7. The molecular weight excluding hydrogens is 688 g/mol. The molecule has 0 saturated carbocycles. The van der Waals surface area contributed by atoms with Crippen LogP contribution in [0.15, 0.2) is 36.4 Å². The number of rotatable bonds is 10. The van der Waals surface area contributed by atoms with E-state index in [0.717, 1.165) is 0 Å². The molecule has 1 unspecified atom stereocenters. The molecule has 1 fully saturated rings. The molecule has 3 heterocycles. The standard InChI is InChI=1S/C37H46N6O10/c1-18(2)12-26(32(45)37(6)17-52-37)40-36(49)29-16-24-23-15-22(10-11-25(23)39-33(24)46)53-31-21(8-7-9-30(31)43(50)51)14-28(38-20(5)44)35(48)41-27(13-19(3)4)34(47)42-29/h7-11,15,18-19,24,26-29H,12-14,16-17H2,1-6H3,(H,38,44)(H,39,46)(H,40,49)(H,41,48)(H,42,47)/t24?,26-,27-,28-,29-,37+/m0/s1. The van der Waals surface area contributed by atoms with Gasteiger partial charge in [-0.2, -0.15) is 0 Å². The predicted octanol–water partition coefficient (Wildman–Crippen LogP) is 2.78. The molecule has 6 atom stereocenters. The summed E-state index contributed by atoms with van der Waals surface area (Å²) in [5.41, 5.74) is -0.375. The predicted molar refractivity (Wildman–Crippen MR) is 191 cm³/mol. The fourth-order valence-electron chi connectivity index (χ4n) is 6.70. The fourth-order valence-corrected chi connectivity index (χ4v) is 6.70. The molecule has 0 aliphatic carbocycles. The Morgan fingerprint density at radius 2 is 1.74 bits per heavy atom. The van der Waals surface area contributed by atoms with Gasteiger partial charge in [-0.3, -0.25) is 38.9 Å². The number of para-hydroxylation sites is 1. The quantitative estimate of drug-likeness (QED) is 0.136. The zero-order valence-corrected chi connectivity index (χ0v) is 30.6. The maximum atomic E-state index is 14.2. The third-order valence-corrected chi connectivity index (χ3v) is 9.47. The molecule has 0 spiro atoms. The smallest absolute Gasteiger partial charge is 0.311 e. The van der Waals surface area contributed by atoms with Crippen LogP contribution in [0.4, 0.5) is 11.4 Å². The molecule has 0 radical (unpaired) electrons. The lowest BCUT2D eigenvalue weighted by molar-refractivity contribution is -0.385. The highest BCUT2D eigenvalue weighted by atomic mass is 16.6. The highest BCUT2D eigenvalue weighted by Gasteiger charge is 2.50. The lowest BCUT2D eigenvalue weighted by atomic mass is 9.90. The van der Waals surface area contributed by atoms with Crippen molar-refractivity contribution in [2.24, 2.45) is 11.8 Å². The van der Waals surface area contributed by atoms with Gasteiger partial charge in [0.2, 0.25) is 35.3 Å². The Hall–Kier alpha value is -5.38. The summed E-state index contributed by atoms with van der Waals surface area (Å²) >= 11 is 0. The molecule has 3 aliphatic heterocycles. The van der Waals surface area contributed by atoms with Gasteiger partial charge in [0.15, 0.2) is 5.78 Å². The van der Waals surface area contributed by atoms with Crippen molar-refractivity contribution in [3.05, 3.63) is 57.6 Å². The third-order valence-electron chi connectivity index (χ3n) is 9.47. The van der Waals surface area contributed by atoms with Crippen LogP contribution in [-0.4, -0.2) is 76.6 Å². The molecule has 2 bridgehead atoms. The number of benzene rings is 2. The van der Waals surface area contributed by atoms with Crippen LogP contribution in [0, 0.1) is 22.0 Å². The van der Waals surface area contributed by atoms with Gasteiger partial charge < -0.3 is 36.1 Å². The number of ketones is 1. The van der Waals surface area contributed by atoms with Crippen LogP contribution >= 0.6 is 0 Å². The number of fused-ring (bicyclic) bond motifs is 2. The lowest BCUT2D eigenvalue weighted by Gasteiger charge is -2.29. The minimum Gasteiger partial charge on any atom is -0.450 e. The number of Topliss-reactive ketones (excluding diaryl/α,β-unsaturated/α-hetero) is 1. The van der Waals surface area contributed by atoms with E-state index in [1.807, 2.05) is 27.7 Å². The number of nitro groups is 1. The van der Waals surface area contributed by atoms with Crippen LogP contribution in [0.5, 0.6) is 11.5 Å². The van der Waals surface area contributed by atoms with Gasteiger partial charge in [0, 0.05) is 30.7 Å². The summed E-state index contributed by atoms with van der Waals surface area (Å²) in [6.45, 7) is 10.5. The molecular formula is C37H46N6O10. The summed E-state index contributed by atoms with van der Waals surface area (Å²) in [5.74, 6) is -4.70. The number of carbonyl (C=O) groups excluding carboxylic acids is 6. The van der Waals surface area contributed by atoms with E-state index in [2.05, 4.69) is 26.6 Å². The summed E-state index contributed by atoms with van der Waals surface area (Å²) in [5, 5.41) is 25.8. The third kappa shape index (κ3) is 9.17. The molecule has 284 valence electrons. The second-order valence-corrected chi connectivity index (χ2v) is 14.9. The lowest BCUT2D eigenvalue weighted by Crippen LogP contribution is -2.59. The number of anilines is 1. The van der Waals surface area contributed by atoms with E-state index in [1.54, 1.807) is 13.0 Å². The minimum absolute atomic E-state index is 0.00672. The van der Waals surface area contributed by atoms with E-state index in [-0.39, 0.29) is 60.6 Å². The van der Waals surface area contributed by atoms with Crippen molar-refractivity contribution in [1.29, 1.82) is 0 Å². The second kappa shape index (κ2) is 15.7. The number of hydrogen-bond donors (Lipinski definition) is 5. The topological polar surface area (TPSA) is 227 Å². The maximum absolute atomic E-state index is 14.2. The van der Waals surface area contributed by atoms with E-state index < -0.39 is 75.8 Å². The van der Waals surface area contributed by atoms with Crippen molar-refractivity contribution >= 4 is 46.7 Å². The molecule has 16 nitrogen and oxygen atoms in total. The summed E-state index contributed by atoms with van der Waals surface area (Å²) in [7, 11) is 0. The number of nitrogens with one attached hydrogen (secondary N) is 5. The van der Waals surface area contributed by atoms with Crippen LogP contribution in [0.3, 0.4) is 0 Å². The van der Waals surface area contributed by atoms with Gasteiger partial charge in [-0.05, 0) is 61.8 Å². The molecule has 1 saturated heterocycles. The minimum atomic E-state index is -1.36. The Morgan fingerprint density at radius 1 is 1.02 bits per heavy atom. The number of epoxide rings is 1. The Morgan fingerprint density at radius 3 is 2.36 bits per heavy atom. The van der Waals surface area contributed by atoms with Crippen molar-refractivity contribution in [3.63, 3.8) is 0 Å². The Balaban J connectivity index is 1.61. The van der Waals surface area contributed by atoms with Crippen LogP contribution in [0.25, 0.3) is 0 Å². The number of ether oxygens (including phenoxy) is 2. The average Bonchev–Trinajstić information content (AvgIpc) is 3.75. The molecule has 53 heavy (non-hydrogen) atoms. The second-order valence-electron chi connectivity index (χ2n) is 14.9. The van der Waals surface area contributed by atoms with Crippen LogP contribution in [0.2, 0.25) is 0 Å². The first kappa shape index (κ1) is 38.8. The largest absolute Gasteiger partial charge is 0.450 e. The number of nitrogens with zero attached hydrogens (tertiary/aromatic N) is 1. The van der Waals surface area contributed by atoms with E-state index in [4.69, 9.17) is 9.47 Å². The Labute approximate surface area is 306 Å². The number of carbonyl (C=O) groups is 6. The van der Waals surface area contributed by atoms with Gasteiger partial charge in [0.1, 0.15) is 29.5 Å². The summed E-state index contributed by atoms with van der Waals surface area (Å²) in [6.07, 6.45) is -0.0687. The van der Waals surface area contributed by atoms with E-state index in [0.29, 0.717) is 17.7 Å². The molecule has 16 heteroatoms. The molecule has 5 amide bonds. The van der Waals surface area contributed by atoms with E-state index in [1.165, 1.54) is 37.3 Å². The number of amides is 5.